The molecule has 25 heavy (non-hydrogen) atoms. The molecule has 0 aliphatic heterocycles. The number of pyridine rings is 1. The lowest BCUT2D eigenvalue weighted by atomic mass is 10.1. The van der Waals surface area contributed by atoms with Crippen LogP contribution in [-0.2, 0) is 11.2 Å². The van der Waals surface area contributed by atoms with Crippen LogP contribution in [0.5, 0.6) is 0 Å². The first-order chi connectivity index (χ1) is 12.0. The zero-order chi connectivity index (χ0) is 17.8. The lowest BCUT2D eigenvalue weighted by molar-refractivity contribution is -0.121. The monoisotopic (exact) mass is 391 g/mol. The molecule has 4 nitrogen and oxygen atoms in total. The van der Waals surface area contributed by atoms with Gasteiger partial charge in [0.05, 0.1) is 33.9 Å². The van der Waals surface area contributed by atoms with E-state index in [4.69, 9.17) is 23.2 Å². The van der Waals surface area contributed by atoms with Crippen LogP contribution < -0.4 is 5.32 Å². The van der Waals surface area contributed by atoms with E-state index in [1.165, 1.54) is 11.3 Å². The van der Waals surface area contributed by atoms with Gasteiger partial charge in [-0.25, -0.2) is 4.98 Å². The summed E-state index contributed by atoms with van der Waals surface area (Å²) in [5, 5.41) is 6.60. The van der Waals surface area contributed by atoms with Gasteiger partial charge in [0.15, 0.2) is 0 Å². The van der Waals surface area contributed by atoms with Crippen molar-refractivity contribution in [1.82, 2.24) is 15.3 Å². The molecule has 0 aliphatic rings. The average Bonchev–Trinajstić information content (AvgIpc) is 3.06. The molecule has 3 aromatic rings. The van der Waals surface area contributed by atoms with Crippen LogP contribution in [0, 0.1) is 0 Å². The number of thiazole rings is 1. The molecule has 0 saturated carbocycles. The van der Waals surface area contributed by atoms with Crippen LogP contribution in [0.2, 0.25) is 10.0 Å². The standard InChI is InChI=1S/C18H15Cl2N3OS/c1-11(12-5-6-14(19)15(20)8-12)22-17(24)9-13-10-25-18(23-13)16-4-2-3-7-21-16/h2-8,10-11H,9H2,1H3,(H,22,24)/t11-/m1/s1. The minimum atomic E-state index is -0.170. The lowest BCUT2D eigenvalue weighted by Gasteiger charge is -2.14. The molecule has 7 heteroatoms. The maximum atomic E-state index is 12.3. The zero-order valence-corrected chi connectivity index (χ0v) is 15.7. The van der Waals surface area contributed by atoms with Gasteiger partial charge in [0.2, 0.25) is 5.91 Å². The molecule has 0 saturated heterocycles. The third-order valence-electron chi connectivity index (χ3n) is 3.60. The van der Waals surface area contributed by atoms with Crippen molar-refractivity contribution in [3.63, 3.8) is 0 Å². The summed E-state index contributed by atoms with van der Waals surface area (Å²) in [6, 6.07) is 10.8. The molecule has 1 atom stereocenters. The molecule has 2 aromatic heterocycles. The Morgan fingerprint density at radius 3 is 2.80 bits per heavy atom. The Morgan fingerprint density at radius 2 is 2.08 bits per heavy atom. The van der Waals surface area contributed by atoms with Crippen LogP contribution in [0.3, 0.4) is 0 Å². The first-order valence-electron chi connectivity index (χ1n) is 7.63. The van der Waals surface area contributed by atoms with Gasteiger partial charge in [0.1, 0.15) is 5.01 Å². The van der Waals surface area contributed by atoms with Crippen molar-refractivity contribution in [3.05, 3.63) is 69.3 Å². The number of carbonyl (C=O) groups excluding carboxylic acids is 1. The van der Waals surface area contributed by atoms with Crippen molar-refractivity contribution < 1.29 is 4.79 Å². The summed E-state index contributed by atoms with van der Waals surface area (Å²) in [5.74, 6) is -0.101. The minimum absolute atomic E-state index is 0.101. The van der Waals surface area contributed by atoms with E-state index in [9.17, 15) is 4.79 Å². The number of rotatable bonds is 5. The van der Waals surface area contributed by atoms with Crippen molar-refractivity contribution in [1.29, 1.82) is 0 Å². The SMILES string of the molecule is C[C@@H](NC(=O)Cc1csc(-c2ccccn2)n1)c1ccc(Cl)c(Cl)c1. The number of amides is 1. The molecule has 0 aliphatic carbocycles. The molecule has 1 aromatic carbocycles. The molecular weight excluding hydrogens is 377 g/mol. The van der Waals surface area contributed by atoms with Crippen LogP contribution >= 0.6 is 34.5 Å². The summed E-state index contributed by atoms with van der Waals surface area (Å²) in [5.41, 5.74) is 2.43. The smallest absolute Gasteiger partial charge is 0.226 e. The molecule has 0 fully saturated rings. The highest BCUT2D eigenvalue weighted by Gasteiger charge is 2.14. The van der Waals surface area contributed by atoms with Crippen LogP contribution in [0.1, 0.15) is 24.2 Å². The van der Waals surface area contributed by atoms with Gasteiger partial charge in [0, 0.05) is 11.6 Å². The molecule has 128 valence electrons. The highest BCUT2D eigenvalue weighted by atomic mass is 35.5. The van der Waals surface area contributed by atoms with E-state index >= 15 is 0 Å². The number of nitrogens with zero attached hydrogens (tertiary/aromatic N) is 2. The molecule has 0 spiro atoms. The largest absolute Gasteiger partial charge is 0.349 e. The third kappa shape index (κ3) is 4.57. The molecular formula is C18H15Cl2N3OS. The quantitative estimate of drug-likeness (QED) is 0.670. The van der Waals surface area contributed by atoms with E-state index in [1.807, 2.05) is 36.6 Å². The molecule has 1 amide bonds. The van der Waals surface area contributed by atoms with Crippen molar-refractivity contribution in [2.45, 2.75) is 19.4 Å². The van der Waals surface area contributed by atoms with Gasteiger partial charge >= 0.3 is 0 Å². The Bertz CT molecular complexity index is 883. The Kier molecular flexibility index (Phi) is 5.68. The Morgan fingerprint density at radius 1 is 1.24 bits per heavy atom. The van der Waals surface area contributed by atoms with Crippen molar-refractivity contribution in [3.8, 4) is 10.7 Å². The van der Waals surface area contributed by atoms with Gasteiger partial charge in [-0.3, -0.25) is 9.78 Å². The summed E-state index contributed by atoms with van der Waals surface area (Å²) < 4.78 is 0. The predicted octanol–water partition coefficient (Wildman–Crippen LogP) is 4.93. The van der Waals surface area contributed by atoms with Crippen LogP contribution in [-0.4, -0.2) is 15.9 Å². The highest BCUT2D eigenvalue weighted by Crippen LogP contribution is 2.26. The second-order valence-corrected chi connectivity index (χ2v) is 7.17. The topological polar surface area (TPSA) is 54.9 Å². The minimum Gasteiger partial charge on any atom is -0.349 e. The van der Waals surface area contributed by atoms with Gasteiger partial charge in [0.25, 0.3) is 0 Å². The number of hydrogen-bond donors (Lipinski definition) is 1. The van der Waals surface area contributed by atoms with E-state index in [0.717, 1.165) is 22.0 Å². The zero-order valence-electron chi connectivity index (χ0n) is 13.4. The first-order valence-corrected chi connectivity index (χ1v) is 9.26. The van der Waals surface area contributed by atoms with Gasteiger partial charge in [-0.2, -0.15) is 0 Å². The number of hydrogen-bond acceptors (Lipinski definition) is 4. The fourth-order valence-corrected chi connectivity index (χ4v) is 3.42. The van der Waals surface area contributed by atoms with E-state index < -0.39 is 0 Å². The average molecular weight is 392 g/mol. The maximum absolute atomic E-state index is 12.3. The normalized spacial score (nSPS) is 12.0. The van der Waals surface area contributed by atoms with Crippen molar-refractivity contribution >= 4 is 40.4 Å². The number of benzene rings is 1. The third-order valence-corrected chi connectivity index (χ3v) is 5.25. The van der Waals surface area contributed by atoms with Crippen molar-refractivity contribution in [2.24, 2.45) is 0 Å². The van der Waals surface area contributed by atoms with Gasteiger partial charge < -0.3 is 5.32 Å². The summed E-state index contributed by atoms with van der Waals surface area (Å²) in [7, 11) is 0. The van der Waals surface area contributed by atoms with E-state index in [-0.39, 0.29) is 18.4 Å². The molecule has 0 bridgehead atoms. The summed E-state index contributed by atoms with van der Waals surface area (Å²) >= 11 is 13.4. The summed E-state index contributed by atoms with van der Waals surface area (Å²) in [6.07, 6.45) is 1.94. The molecule has 0 unspecified atom stereocenters. The lowest BCUT2D eigenvalue weighted by Crippen LogP contribution is -2.28. The molecule has 2 heterocycles. The fraction of sp³-hybridized carbons (Fsp3) is 0.167. The van der Waals surface area contributed by atoms with Crippen LogP contribution in [0.25, 0.3) is 10.7 Å². The Hall–Kier alpha value is -1.95. The van der Waals surface area contributed by atoms with E-state index in [2.05, 4.69) is 15.3 Å². The Balaban J connectivity index is 1.62. The van der Waals surface area contributed by atoms with Gasteiger partial charge in [-0.05, 0) is 36.8 Å². The highest BCUT2D eigenvalue weighted by molar-refractivity contribution is 7.13. The number of nitrogens with one attached hydrogen (secondary N) is 1. The van der Waals surface area contributed by atoms with Gasteiger partial charge in [-0.1, -0.05) is 35.3 Å². The molecule has 3 rings (SSSR count). The number of carbonyl (C=O) groups is 1. The Labute approximate surface area is 159 Å². The van der Waals surface area contributed by atoms with Crippen molar-refractivity contribution in [2.75, 3.05) is 0 Å². The molecule has 0 radical (unpaired) electrons. The predicted molar refractivity (Wildman–Crippen MR) is 102 cm³/mol. The van der Waals surface area contributed by atoms with E-state index in [1.54, 1.807) is 18.3 Å². The second-order valence-electron chi connectivity index (χ2n) is 5.50. The first kappa shape index (κ1) is 17.9. The fourth-order valence-electron chi connectivity index (χ4n) is 2.32. The van der Waals surface area contributed by atoms with Gasteiger partial charge in [-0.15, -0.1) is 11.3 Å². The van der Waals surface area contributed by atoms with Crippen LogP contribution in [0.4, 0.5) is 0 Å². The number of aromatic nitrogens is 2. The molecule has 1 N–H and O–H groups in total. The summed E-state index contributed by atoms with van der Waals surface area (Å²) in [6.45, 7) is 1.90. The maximum Gasteiger partial charge on any atom is 0.226 e. The second kappa shape index (κ2) is 7.95. The van der Waals surface area contributed by atoms with Crippen LogP contribution in [0.15, 0.2) is 48.0 Å². The summed E-state index contributed by atoms with van der Waals surface area (Å²) in [4.78, 5) is 21.0. The van der Waals surface area contributed by atoms with E-state index in [0.29, 0.717) is 10.0 Å². The number of halogens is 2.